The van der Waals surface area contributed by atoms with Crippen LogP contribution in [0.3, 0.4) is 0 Å². The summed E-state index contributed by atoms with van der Waals surface area (Å²) in [7, 11) is 0. The molecule has 224 valence electrons. The highest BCUT2D eigenvalue weighted by Crippen LogP contribution is 2.53. The Morgan fingerprint density at radius 1 is 0.674 bits per heavy atom. The standard InChI is InChI=1S/C39H31N5O2/c1-38(2)28-15-10-14-26-25-21-20-24(46-32-19-11-18-31(41-32)43-30-17-9-8-16-29(30)40-37(43)45)22-27(25)36-42-33(23-12-6-5-7-13-23)35(39(38,3)4)44(36)34(26)28/h5-22H,1-4H3,(H,40,45). The van der Waals surface area contributed by atoms with Gasteiger partial charge in [0, 0.05) is 33.2 Å². The van der Waals surface area contributed by atoms with Crippen LogP contribution in [0.25, 0.3) is 55.4 Å². The third-order valence-corrected chi connectivity index (χ3v) is 10.2. The maximum atomic E-state index is 10.6. The fourth-order valence-corrected chi connectivity index (χ4v) is 7.28. The number of ether oxygens (including phenoxy) is 1. The molecule has 1 aliphatic rings. The summed E-state index contributed by atoms with van der Waals surface area (Å²) in [6.07, 6.45) is 0. The molecule has 46 heavy (non-hydrogen) atoms. The van der Waals surface area contributed by atoms with Crippen LogP contribution in [0.4, 0.5) is 0 Å². The highest BCUT2D eigenvalue weighted by atomic mass is 16.5. The van der Waals surface area contributed by atoms with E-state index in [4.69, 9.17) is 14.7 Å². The van der Waals surface area contributed by atoms with Crippen molar-refractivity contribution in [3.8, 4) is 34.7 Å². The van der Waals surface area contributed by atoms with Crippen LogP contribution in [0.2, 0.25) is 0 Å². The summed E-state index contributed by atoms with van der Waals surface area (Å²) in [4.78, 5) is 14.4. The number of benzene rings is 4. The van der Waals surface area contributed by atoms with Gasteiger partial charge in [0.15, 0.2) is 0 Å². The Morgan fingerprint density at radius 2 is 1.46 bits per heavy atom. The lowest BCUT2D eigenvalue weighted by Crippen LogP contribution is -2.44. The summed E-state index contributed by atoms with van der Waals surface area (Å²) in [6.45, 7) is 9.39. The summed E-state index contributed by atoms with van der Waals surface area (Å²) < 4.78 is 10.4. The third-order valence-electron chi connectivity index (χ3n) is 10.2. The van der Waals surface area contributed by atoms with Crippen LogP contribution < -0.4 is 4.74 Å². The third kappa shape index (κ3) is 3.51. The molecule has 5 heterocycles. The zero-order valence-electron chi connectivity index (χ0n) is 26.0. The van der Waals surface area contributed by atoms with Crippen LogP contribution in [0.1, 0.15) is 39.0 Å². The van der Waals surface area contributed by atoms with Crippen LogP contribution in [0.15, 0.2) is 109 Å². The molecule has 0 spiro atoms. The maximum Gasteiger partial charge on any atom is 0.300 e. The number of para-hydroxylation sites is 3. The maximum absolute atomic E-state index is 10.6. The Kier molecular flexibility index (Phi) is 5.32. The molecule has 0 radical (unpaired) electrons. The fraction of sp³-hybridized carbons (Fsp3) is 0.154. The van der Waals surface area contributed by atoms with E-state index in [1.807, 2.05) is 54.6 Å². The van der Waals surface area contributed by atoms with Gasteiger partial charge >= 0.3 is 6.01 Å². The zero-order chi connectivity index (χ0) is 31.4. The van der Waals surface area contributed by atoms with Crippen LogP contribution >= 0.6 is 0 Å². The number of aromatic nitrogens is 5. The van der Waals surface area contributed by atoms with Gasteiger partial charge in [-0.1, -0.05) is 94.4 Å². The summed E-state index contributed by atoms with van der Waals surface area (Å²) in [5.74, 6) is 1.57. The average molecular weight is 602 g/mol. The smallest absolute Gasteiger partial charge is 0.300 e. The van der Waals surface area contributed by atoms with Gasteiger partial charge in [-0.3, -0.25) is 4.40 Å². The second-order valence-corrected chi connectivity index (χ2v) is 13.2. The number of hydrogen-bond donors (Lipinski definition) is 1. The van der Waals surface area contributed by atoms with E-state index in [0.717, 1.165) is 33.2 Å². The van der Waals surface area contributed by atoms with E-state index in [1.165, 1.54) is 22.2 Å². The molecule has 0 aliphatic carbocycles. The van der Waals surface area contributed by atoms with Crippen molar-refractivity contribution in [2.75, 3.05) is 0 Å². The first-order chi connectivity index (χ1) is 22.2. The average Bonchev–Trinajstić information content (AvgIpc) is 3.63. The molecule has 0 amide bonds. The molecule has 7 nitrogen and oxygen atoms in total. The Labute approximate surface area is 265 Å². The van der Waals surface area contributed by atoms with Gasteiger partial charge in [-0.25, -0.2) is 9.55 Å². The molecule has 0 saturated carbocycles. The quantitative estimate of drug-likeness (QED) is 0.204. The molecular weight excluding hydrogens is 570 g/mol. The summed E-state index contributed by atoms with van der Waals surface area (Å²) in [5, 5.41) is 14.0. The molecule has 0 atom stereocenters. The van der Waals surface area contributed by atoms with Gasteiger partial charge < -0.3 is 9.84 Å². The lowest BCUT2D eigenvalue weighted by atomic mass is 9.60. The minimum Gasteiger partial charge on any atom is -0.480 e. The van der Waals surface area contributed by atoms with Crippen molar-refractivity contribution in [1.29, 1.82) is 0 Å². The molecule has 8 aromatic rings. The molecule has 0 saturated heterocycles. The van der Waals surface area contributed by atoms with Gasteiger partial charge in [-0.2, -0.15) is 9.97 Å². The summed E-state index contributed by atoms with van der Waals surface area (Å²) in [6, 6.07) is 36.3. The van der Waals surface area contributed by atoms with E-state index in [1.54, 1.807) is 4.57 Å². The molecular formula is C39H31N5O2. The highest BCUT2D eigenvalue weighted by Gasteiger charge is 2.48. The first-order valence-corrected chi connectivity index (χ1v) is 15.5. The summed E-state index contributed by atoms with van der Waals surface area (Å²) >= 11 is 0. The van der Waals surface area contributed by atoms with E-state index in [9.17, 15) is 5.11 Å². The Balaban J connectivity index is 1.26. The van der Waals surface area contributed by atoms with Gasteiger partial charge in [-0.15, -0.1) is 0 Å². The van der Waals surface area contributed by atoms with Gasteiger partial charge in [-0.05, 0) is 47.3 Å². The van der Waals surface area contributed by atoms with E-state index in [0.29, 0.717) is 23.0 Å². The lowest BCUT2D eigenvalue weighted by Gasteiger charge is -2.46. The molecule has 7 heteroatoms. The number of fused-ring (bicyclic) bond motifs is 4. The second-order valence-electron chi connectivity index (χ2n) is 13.2. The zero-order valence-corrected chi connectivity index (χ0v) is 26.0. The number of hydrogen-bond acceptors (Lipinski definition) is 5. The number of aromatic hydroxyl groups is 1. The minimum absolute atomic E-state index is 0.123. The largest absolute Gasteiger partial charge is 0.480 e. The van der Waals surface area contributed by atoms with Crippen molar-refractivity contribution in [1.82, 2.24) is 23.9 Å². The van der Waals surface area contributed by atoms with Gasteiger partial charge in [0.25, 0.3) is 0 Å². The molecule has 1 aliphatic heterocycles. The number of nitrogens with zero attached hydrogens (tertiary/aromatic N) is 5. The van der Waals surface area contributed by atoms with Crippen molar-refractivity contribution < 1.29 is 9.84 Å². The number of imidazole rings is 2. The van der Waals surface area contributed by atoms with Crippen LogP contribution in [0, 0.1) is 0 Å². The molecule has 4 aromatic carbocycles. The van der Waals surface area contributed by atoms with Crippen LogP contribution in [-0.2, 0) is 10.8 Å². The molecule has 0 bridgehead atoms. The van der Waals surface area contributed by atoms with Crippen molar-refractivity contribution in [2.45, 2.75) is 38.5 Å². The molecule has 1 N–H and O–H groups in total. The summed E-state index contributed by atoms with van der Waals surface area (Å²) in [5.41, 5.74) is 7.89. The molecule has 4 aromatic heterocycles. The van der Waals surface area contributed by atoms with Gasteiger partial charge in [0.1, 0.15) is 17.2 Å². The Hall–Kier alpha value is -5.69. The fourth-order valence-electron chi connectivity index (χ4n) is 7.28. The molecule has 0 unspecified atom stereocenters. The van der Waals surface area contributed by atoms with Crippen molar-refractivity contribution in [3.63, 3.8) is 0 Å². The van der Waals surface area contributed by atoms with E-state index >= 15 is 0 Å². The minimum atomic E-state index is -0.214. The van der Waals surface area contributed by atoms with E-state index < -0.39 is 0 Å². The van der Waals surface area contributed by atoms with E-state index in [2.05, 4.69) is 91.7 Å². The van der Waals surface area contributed by atoms with Crippen molar-refractivity contribution in [3.05, 3.63) is 120 Å². The molecule has 9 rings (SSSR count). The van der Waals surface area contributed by atoms with Gasteiger partial charge in [0.2, 0.25) is 5.88 Å². The number of rotatable bonds is 4. The Bertz CT molecular complexity index is 2520. The van der Waals surface area contributed by atoms with Gasteiger partial charge in [0.05, 0.1) is 27.9 Å². The highest BCUT2D eigenvalue weighted by molar-refractivity contribution is 6.14. The topological polar surface area (TPSA) is 77.5 Å². The van der Waals surface area contributed by atoms with Crippen LogP contribution in [0.5, 0.6) is 17.6 Å². The first kappa shape index (κ1) is 26.7. The number of pyridine rings is 2. The predicted octanol–water partition coefficient (Wildman–Crippen LogP) is 9.11. The Morgan fingerprint density at radius 3 is 2.30 bits per heavy atom. The van der Waals surface area contributed by atoms with E-state index in [-0.39, 0.29) is 16.8 Å². The van der Waals surface area contributed by atoms with Crippen molar-refractivity contribution in [2.24, 2.45) is 0 Å². The predicted molar refractivity (Wildman–Crippen MR) is 182 cm³/mol. The molecule has 0 fully saturated rings. The normalized spacial score (nSPS) is 15.0. The van der Waals surface area contributed by atoms with Crippen molar-refractivity contribution >= 4 is 38.4 Å². The van der Waals surface area contributed by atoms with Crippen LogP contribution in [-0.4, -0.2) is 29.0 Å². The lowest BCUT2D eigenvalue weighted by molar-refractivity contribution is 0.289. The second kappa shape index (κ2) is 9.17. The monoisotopic (exact) mass is 601 g/mol. The SMILES string of the molecule is CC1(C)c2cccc3c4ccc(Oc5cccc(-n6c(O)nc7ccccc76)n5)cc4c4nc(-c5ccccc5)c(n4c23)C1(C)C. The first-order valence-electron chi connectivity index (χ1n) is 15.5.